The number of aliphatic carboxylic acids is 2. The van der Waals surface area contributed by atoms with Gasteiger partial charge in [-0.05, 0) is 25.2 Å². The molecule has 0 amide bonds. The van der Waals surface area contributed by atoms with Gasteiger partial charge in [-0.25, -0.2) is 9.59 Å². The molecule has 10 heteroatoms. The summed E-state index contributed by atoms with van der Waals surface area (Å²) in [6.45, 7) is 9.24. The second-order valence-corrected chi connectivity index (χ2v) is 6.50. The highest BCUT2D eigenvalue weighted by Gasteiger charge is 2.40. The smallest absolute Gasteiger partial charge is 0.328 e. The fourth-order valence-electron chi connectivity index (χ4n) is 2.58. The molecule has 29 heavy (non-hydrogen) atoms. The average molecular weight is 410 g/mol. The van der Waals surface area contributed by atoms with E-state index in [1.807, 2.05) is 0 Å². The molecule has 1 heterocycles. The molecule has 1 aromatic rings. The van der Waals surface area contributed by atoms with Crippen molar-refractivity contribution in [3.63, 3.8) is 0 Å². The molecule has 0 aromatic heterocycles. The Balaban J connectivity index is 0.000000447. The Bertz CT molecular complexity index is 693. The van der Waals surface area contributed by atoms with E-state index in [0.29, 0.717) is 37.7 Å². The highest BCUT2D eigenvalue weighted by molar-refractivity contribution is 5.89. The molecule has 0 bridgehead atoms. The van der Waals surface area contributed by atoms with Crippen molar-refractivity contribution in [2.45, 2.75) is 13.8 Å². The molecular weight excluding hydrogens is 384 g/mol. The Morgan fingerprint density at radius 1 is 1.17 bits per heavy atom. The zero-order chi connectivity index (χ0) is 21.9. The van der Waals surface area contributed by atoms with Crippen molar-refractivity contribution in [2.75, 3.05) is 39.5 Å². The van der Waals surface area contributed by atoms with Crippen LogP contribution in [0.1, 0.15) is 13.8 Å². The molecule has 10 nitrogen and oxygen atoms in total. The third-order valence-electron chi connectivity index (χ3n) is 4.23. The van der Waals surface area contributed by atoms with Gasteiger partial charge in [0.2, 0.25) is 0 Å². The van der Waals surface area contributed by atoms with Gasteiger partial charge in [0.25, 0.3) is 5.69 Å². The van der Waals surface area contributed by atoms with E-state index < -0.39 is 16.9 Å². The number of non-ortho nitro benzene ring substituents is 1. The monoisotopic (exact) mass is 410 g/mol. The van der Waals surface area contributed by atoms with E-state index in [0.717, 1.165) is 19.6 Å². The van der Waals surface area contributed by atoms with Crippen LogP contribution in [0, 0.1) is 15.5 Å². The number of nitro benzene ring substituents is 1. The van der Waals surface area contributed by atoms with Gasteiger partial charge < -0.3 is 24.6 Å². The Morgan fingerprint density at radius 3 is 2.03 bits per heavy atom. The van der Waals surface area contributed by atoms with Crippen molar-refractivity contribution in [1.29, 1.82) is 0 Å². The molecule has 1 aromatic carbocycles. The molecule has 2 rings (SSSR count). The van der Waals surface area contributed by atoms with Crippen LogP contribution in [0.5, 0.6) is 5.75 Å². The van der Waals surface area contributed by atoms with Crippen LogP contribution in [-0.4, -0.2) is 71.4 Å². The number of nitrogens with zero attached hydrogens (tertiary/aromatic N) is 2. The lowest BCUT2D eigenvalue weighted by molar-refractivity contribution is -0.384. The summed E-state index contributed by atoms with van der Waals surface area (Å²) in [7, 11) is 0. The van der Waals surface area contributed by atoms with Gasteiger partial charge in [0.1, 0.15) is 5.75 Å². The topological polar surface area (TPSA) is 139 Å². The predicted molar refractivity (Wildman–Crippen MR) is 104 cm³/mol. The van der Waals surface area contributed by atoms with E-state index >= 15 is 0 Å². The molecular formula is C19H26N2O8. The first kappa shape index (κ1) is 24.1. The van der Waals surface area contributed by atoms with Gasteiger partial charge in [-0.2, -0.15) is 0 Å². The van der Waals surface area contributed by atoms with Crippen LogP contribution in [0.2, 0.25) is 0 Å². The average Bonchev–Trinajstić information content (AvgIpc) is 2.66. The van der Waals surface area contributed by atoms with Crippen molar-refractivity contribution < 1.29 is 34.2 Å². The van der Waals surface area contributed by atoms with Crippen LogP contribution >= 0.6 is 0 Å². The lowest BCUT2D eigenvalue weighted by Gasteiger charge is -2.43. The van der Waals surface area contributed by atoms with Crippen molar-refractivity contribution in [2.24, 2.45) is 5.41 Å². The normalized spacial score (nSPS) is 14.6. The highest BCUT2D eigenvalue weighted by Crippen LogP contribution is 2.30. The molecule has 2 N–H and O–H groups in total. The van der Waals surface area contributed by atoms with Gasteiger partial charge in [-0.1, -0.05) is 13.8 Å². The molecule has 1 fully saturated rings. The number of rotatable bonds is 10. The first-order valence-electron chi connectivity index (χ1n) is 9.02. The van der Waals surface area contributed by atoms with E-state index in [-0.39, 0.29) is 11.1 Å². The molecule has 0 radical (unpaired) electrons. The molecule has 0 spiro atoms. The second kappa shape index (κ2) is 11.8. The zero-order valence-electron chi connectivity index (χ0n) is 16.4. The molecule has 0 atom stereocenters. The summed E-state index contributed by atoms with van der Waals surface area (Å²) < 4.78 is 11.2. The number of hydrogen-bond acceptors (Lipinski definition) is 7. The lowest BCUT2D eigenvalue weighted by Crippen LogP contribution is -2.54. The number of benzene rings is 1. The van der Waals surface area contributed by atoms with Crippen molar-refractivity contribution >= 4 is 17.6 Å². The van der Waals surface area contributed by atoms with Crippen LogP contribution in [0.3, 0.4) is 0 Å². The Hall–Kier alpha value is -2.98. The Kier molecular flexibility index (Phi) is 9.76. The van der Waals surface area contributed by atoms with E-state index in [4.69, 9.17) is 19.7 Å². The molecule has 1 saturated heterocycles. The first-order chi connectivity index (χ1) is 13.7. The van der Waals surface area contributed by atoms with Gasteiger partial charge in [0, 0.05) is 30.8 Å². The minimum Gasteiger partial charge on any atom is -0.493 e. The summed E-state index contributed by atoms with van der Waals surface area (Å²) in [4.78, 5) is 31.7. The van der Waals surface area contributed by atoms with E-state index in [1.165, 1.54) is 12.1 Å². The fourth-order valence-corrected chi connectivity index (χ4v) is 2.58. The standard InChI is InChI=1S/C15H22N2O4.C4H4O4/c1-3-16(4-2)9-15(10-20-11-15)12-21-14-7-5-13(6-8-14)17(18)19;5-3(6)1-2-4(7)8/h5-8H,3-4,9-12H2,1-2H3;1-2H,(H,5,6)(H,7,8). The third-order valence-corrected chi connectivity index (χ3v) is 4.23. The zero-order valence-corrected chi connectivity index (χ0v) is 16.4. The van der Waals surface area contributed by atoms with Crippen molar-refractivity contribution in [1.82, 2.24) is 4.90 Å². The van der Waals surface area contributed by atoms with Gasteiger partial charge in [0.05, 0.1) is 30.2 Å². The van der Waals surface area contributed by atoms with Crippen LogP contribution in [0.25, 0.3) is 0 Å². The molecule has 0 aliphatic carbocycles. The molecule has 1 aliphatic rings. The number of hydrogen-bond donors (Lipinski definition) is 2. The number of carbonyl (C=O) groups is 2. The SMILES string of the molecule is CCN(CC)CC1(COc2ccc([N+](=O)[O-])cc2)COC1.O=C(O)C=CC(=O)O. The number of carboxylic acid groups (broad SMARTS) is 2. The van der Waals surface area contributed by atoms with E-state index in [1.54, 1.807) is 12.1 Å². The minimum absolute atomic E-state index is 0.0355. The number of nitro groups is 1. The molecule has 1 aliphatic heterocycles. The first-order valence-corrected chi connectivity index (χ1v) is 9.02. The van der Waals surface area contributed by atoms with Gasteiger partial charge in [-0.15, -0.1) is 0 Å². The number of carboxylic acids is 2. The molecule has 0 saturated carbocycles. The van der Waals surface area contributed by atoms with Crippen LogP contribution in [0.4, 0.5) is 5.69 Å². The largest absolute Gasteiger partial charge is 0.493 e. The van der Waals surface area contributed by atoms with Crippen molar-refractivity contribution in [3.05, 3.63) is 46.5 Å². The minimum atomic E-state index is -1.26. The third kappa shape index (κ3) is 8.71. The summed E-state index contributed by atoms with van der Waals surface area (Å²) in [5, 5.41) is 26.2. The maximum Gasteiger partial charge on any atom is 0.328 e. The van der Waals surface area contributed by atoms with Gasteiger partial charge in [0.15, 0.2) is 0 Å². The predicted octanol–water partition coefficient (Wildman–Crippen LogP) is 2.04. The van der Waals surface area contributed by atoms with E-state index in [9.17, 15) is 19.7 Å². The summed E-state index contributed by atoms with van der Waals surface area (Å²) in [6, 6.07) is 6.21. The number of ether oxygens (including phenoxy) is 2. The summed E-state index contributed by atoms with van der Waals surface area (Å²) in [5.41, 5.74) is 0.112. The Morgan fingerprint density at radius 2 is 1.69 bits per heavy atom. The highest BCUT2D eigenvalue weighted by atomic mass is 16.6. The van der Waals surface area contributed by atoms with Crippen LogP contribution < -0.4 is 4.74 Å². The summed E-state index contributed by atoms with van der Waals surface area (Å²) in [5.74, 6) is -1.86. The second-order valence-electron chi connectivity index (χ2n) is 6.50. The lowest BCUT2D eigenvalue weighted by atomic mass is 9.86. The quantitative estimate of drug-likeness (QED) is 0.337. The molecule has 160 valence electrons. The summed E-state index contributed by atoms with van der Waals surface area (Å²) in [6.07, 6.45) is 1.12. The molecule has 0 unspecified atom stereocenters. The van der Waals surface area contributed by atoms with Crippen molar-refractivity contribution in [3.8, 4) is 5.75 Å². The fraction of sp³-hybridized carbons (Fsp3) is 0.474. The summed E-state index contributed by atoms with van der Waals surface area (Å²) >= 11 is 0. The van der Waals surface area contributed by atoms with Crippen LogP contribution in [-0.2, 0) is 14.3 Å². The van der Waals surface area contributed by atoms with E-state index in [2.05, 4.69) is 18.7 Å². The maximum absolute atomic E-state index is 10.6. The maximum atomic E-state index is 10.6. The van der Waals surface area contributed by atoms with Gasteiger partial charge >= 0.3 is 11.9 Å². The van der Waals surface area contributed by atoms with Crippen LogP contribution in [0.15, 0.2) is 36.4 Å². The Labute approximate surface area is 168 Å². The van der Waals surface area contributed by atoms with Gasteiger partial charge in [-0.3, -0.25) is 10.1 Å².